The monoisotopic (exact) mass is 355 g/mol. The van der Waals surface area contributed by atoms with E-state index >= 15 is 0 Å². The van der Waals surface area contributed by atoms with Crippen LogP contribution in [0.4, 0.5) is 0 Å². The molecule has 1 aromatic carbocycles. The second kappa shape index (κ2) is 7.68. The van der Waals surface area contributed by atoms with Crippen LogP contribution in [-0.4, -0.2) is 51.5 Å². The van der Waals surface area contributed by atoms with Gasteiger partial charge in [0.2, 0.25) is 0 Å². The highest BCUT2D eigenvalue weighted by atomic mass is 35.5. The van der Waals surface area contributed by atoms with Crippen molar-refractivity contribution in [1.82, 2.24) is 19.4 Å². The lowest BCUT2D eigenvalue weighted by molar-refractivity contribution is -0.0000157. The fraction of sp³-hybridized carbons (Fsp3) is 0.263. The average Bonchev–Trinajstić information content (AvgIpc) is 3.07. The summed E-state index contributed by atoms with van der Waals surface area (Å²) >= 11 is 0. The fourth-order valence-electron chi connectivity index (χ4n) is 3.16. The first kappa shape index (κ1) is 17.5. The van der Waals surface area contributed by atoms with Gasteiger partial charge in [-0.2, -0.15) is 5.10 Å². The van der Waals surface area contributed by atoms with E-state index in [4.69, 9.17) is 0 Å². The van der Waals surface area contributed by atoms with Gasteiger partial charge in [-0.15, -0.1) is 0 Å². The number of carbonyl (C=O) groups is 1. The topological polar surface area (TPSA) is 40.9 Å². The number of benzene rings is 1. The van der Waals surface area contributed by atoms with Gasteiger partial charge >= 0.3 is 0 Å². The van der Waals surface area contributed by atoms with Crippen molar-refractivity contribution in [2.24, 2.45) is 0 Å². The van der Waals surface area contributed by atoms with E-state index in [1.165, 1.54) is 5.56 Å². The van der Waals surface area contributed by atoms with Crippen LogP contribution in [0.5, 0.6) is 0 Å². The van der Waals surface area contributed by atoms with E-state index in [-0.39, 0.29) is 18.3 Å². The first-order valence-electron chi connectivity index (χ1n) is 8.29. The third-order valence-corrected chi connectivity index (χ3v) is 4.50. The summed E-state index contributed by atoms with van der Waals surface area (Å²) in [5.74, 6) is 0.0260. The Morgan fingerprint density at radius 1 is 0.960 bits per heavy atom. The minimum atomic E-state index is 0. The number of nitrogens with zero attached hydrogens (tertiary/aromatic N) is 4. The molecular weight excluding hydrogens is 336 g/mol. The SMILES string of the molecule is O=C(c1cc2ccccn2n1)N1CCN(Cc2ccccc2)CC1.[Cl-]. The third-order valence-electron chi connectivity index (χ3n) is 4.50. The maximum absolute atomic E-state index is 12.7. The van der Waals surface area contributed by atoms with Crippen LogP contribution in [0.2, 0.25) is 0 Å². The van der Waals surface area contributed by atoms with Crippen LogP contribution in [0.1, 0.15) is 16.1 Å². The Morgan fingerprint density at radius 2 is 1.68 bits per heavy atom. The number of amides is 1. The molecule has 0 N–H and O–H groups in total. The molecule has 6 heteroatoms. The summed E-state index contributed by atoms with van der Waals surface area (Å²) in [6.45, 7) is 4.23. The molecule has 25 heavy (non-hydrogen) atoms. The molecule has 5 nitrogen and oxygen atoms in total. The number of halogens is 1. The number of aromatic nitrogens is 2. The lowest BCUT2D eigenvalue weighted by Crippen LogP contribution is -3.00. The van der Waals surface area contributed by atoms with E-state index < -0.39 is 0 Å². The van der Waals surface area contributed by atoms with E-state index in [0.717, 1.165) is 38.2 Å². The van der Waals surface area contributed by atoms with Crippen LogP contribution in [0.15, 0.2) is 60.8 Å². The Morgan fingerprint density at radius 3 is 2.40 bits per heavy atom. The molecule has 1 saturated heterocycles. The van der Waals surface area contributed by atoms with Crippen LogP contribution in [0.3, 0.4) is 0 Å². The smallest absolute Gasteiger partial charge is 0.274 e. The normalized spacial score (nSPS) is 15.1. The van der Waals surface area contributed by atoms with Gasteiger partial charge in [-0.3, -0.25) is 9.69 Å². The standard InChI is InChI=1S/C19H20N4O.ClH/c24-19(18-14-17-8-4-5-9-23(17)20-18)22-12-10-21(11-13-22)15-16-6-2-1-3-7-16;/h1-9,14H,10-13,15H2;1H/p-1. The van der Waals surface area contributed by atoms with Crippen LogP contribution in [0.25, 0.3) is 5.52 Å². The molecule has 0 bridgehead atoms. The Balaban J connectivity index is 0.00000182. The molecular formula is C19H20ClN4O-. The van der Waals surface area contributed by atoms with Gasteiger partial charge in [0.05, 0.1) is 5.52 Å². The van der Waals surface area contributed by atoms with E-state index in [0.29, 0.717) is 5.69 Å². The Hall–Kier alpha value is -2.37. The summed E-state index contributed by atoms with van der Waals surface area (Å²) in [4.78, 5) is 17.0. The maximum atomic E-state index is 12.7. The molecule has 1 aliphatic heterocycles. The van der Waals surface area contributed by atoms with E-state index in [9.17, 15) is 4.79 Å². The van der Waals surface area contributed by atoms with Gasteiger partial charge in [-0.05, 0) is 23.8 Å². The summed E-state index contributed by atoms with van der Waals surface area (Å²) in [5.41, 5.74) is 2.79. The van der Waals surface area contributed by atoms with Crippen molar-refractivity contribution >= 4 is 11.4 Å². The molecule has 0 spiro atoms. The first-order chi connectivity index (χ1) is 11.8. The van der Waals surface area contributed by atoms with Crippen molar-refractivity contribution in [3.8, 4) is 0 Å². The second-order valence-corrected chi connectivity index (χ2v) is 6.15. The van der Waals surface area contributed by atoms with Crippen molar-refractivity contribution in [2.75, 3.05) is 26.2 Å². The van der Waals surface area contributed by atoms with E-state index in [1.54, 1.807) is 4.52 Å². The van der Waals surface area contributed by atoms with Gasteiger partial charge in [0.15, 0.2) is 5.69 Å². The molecule has 130 valence electrons. The van der Waals surface area contributed by atoms with Gasteiger partial charge < -0.3 is 17.3 Å². The molecule has 0 aliphatic carbocycles. The van der Waals surface area contributed by atoms with Gasteiger partial charge in [-0.1, -0.05) is 36.4 Å². The van der Waals surface area contributed by atoms with Crippen molar-refractivity contribution in [3.05, 3.63) is 72.1 Å². The molecule has 1 amide bonds. The number of hydrogen-bond acceptors (Lipinski definition) is 3. The van der Waals surface area contributed by atoms with E-state index in [1.807, 2.05) is 41.4 Å². The zero-order valence-electron chi connectivity index (χ0n) is 13.9. The lowest BCUT2D eigenvalue weighted by atomic mass is 10.2. The maximum Gasteiger partial charge on any atom is 0.274 e. The summed E-state index contributed by atoms with van der Waals surface area (Å²) in [6, 6.07) is 18.2. The van der Waals surface area contributed by atoms with Crippen molar-refractivity contribution < 1.29 is 17.2 Å². The lowest BCUT2D eigenvalue weighted by Gasteiger charge is -2.34. The van der Waals surface area contributed by atoms with Gasteiger partial charge in [-0.25, -0.2) is 4.52 Å². The number of carbonyl (C=O) groups excluding carboxylic acids is 1. The summed E-state index contributed by atoms with van der Waals surface area (Å²) in [7, 11) is 0. The minimum absolute atomic E-state index is 0. The van der Waals surface area contributed by atoms with Crippen molar-refractivity contribution in [3.63, 3.8) is 0 Å². The van der Waals surface area contributed by atoms with Gasteiger partial charge in [0.1, 0.15) is 0 Å². The average molecular weight is 356 g/mol. The molecule has 3 aromatic rings. The van der Waals surface area contributed by atoms with Crippen LogP contribution < -0.4 is 12.4 Å². The van der Waals surface area contributed by atoms with E-state index in [2.05, 4.69) is 34.3 Å². The predicted octanol–water partition coefficient (Wildman–Crippen LogP) is -0.704. The van der Waals surface area contributed by atoms with Gasteiger partial charge in [0.25, 0.3) is 5.91 Å². The van der Waals surface area contributed by atoms with Crippen LogP contribution in [-0.2, 0) is 6.54 Å². The van der Waals surface area contributed by atoms with Crippen molar-refractivity contribution in [1.29, 1.82) is 0 Å². The molecule has 0 saturated carbocycles. The second-order valence-electron chi connectivity index (χ2n) is 6.15. The molecule has 4 rings (SSSR count). The zero-order valence-corrected chi connectivity index (χ0v) is 14.6. The Bertz CT molecular complexity index is 808. The third kappa shape index (κ3) is 3.83. The quantitative estimate of drug-likeness (QED) is 0.623. The van der Waals surface area contributed by atoms with Crippen LogP contribution in [0, 0.1) is 0 Å². The number of hydrogen-bond donors (Lipinski definition) is 0. The molecule has 0 atom stereocenters. The van der Waals surface area contributed by atoms with Crippen molar-refractivity contribution in [2.45, 2.75) is 6.54 Å². The molecule has 1 aliphatic rings. The number of pyridine rings is 1. The molecule has 0 unspecified atom stereocenters. The summed E-state index contributed by atoms with van der Waals surface area (Å²) in [6.07, 6.45) is 1.86. The molecule has 2 aromatic heterocycles. The molecule has 1 fully saturated rings. The molecule has 0 radical (unpaired) electrons. The summed E-state index contributed by atoms with van der Waals surface area (Å²) < 4.78 is 1.75. The first-order valence-corrected chi connectivity index (χ1v) is 8.29. The molecule has 3 heterocycles. The highest BCUT2D eigenvalue weighted by molar-refractivity contribution is 5.93. The van der Waals surface area contributed by atoms with Crippen LogP contribution >= 0.6 is 0 Å². The number of rotatable bonds is 3. The predicted molar refractivity (Wildman–Crippen MR) is 92.8 cm³/mol. The highest BCUT2D eigenvalue weighted by Gasteiger charge is 2.23. The Labute approximate surface area is 153 Å². The fourth-order valence-corrected chi connectivity index (χ4v) is 3.16. The number of fused-ring (bicyclic) bond motifs is 1. The Kier molecular flexibility index (Phi) is 5.36. The number of piperazine rings is 1. The highest BCUT2D eigenvalue weighted by Crippen LogP contribution is 2.12. The van der Waals surface area contributed by atoms with Gasteiger partial charge in [0, 0.05) is 38.9 Å². The largest absolute Gasteiger partial charge is 1.00 e. The zero-order chi connectivity index (χ0) is 16.4. The minimum Gasteiger partial charge on any atom is -1.00 e. The summed E-state index contributed by atoms with van der Waals surface area (Å²) in [5, 5.41) is 4.39.